The van der Waals surface area contributed by atoms with Crippen LogP contribution in [-0.4, -0.2) is 17.6 Å². The molecule has 0 aliphatic rings. The largest absolute Gasteiger partial charge is 0.461 e. The average Bonchev–Trinajstić information content (AvgIpc) is 2.24. The Morgan fingerprint density at radius 1 is 1.44 bits per heavy atom. The van der Waals surface area contributed by atoms with Gasteiger partial charge in [0.15, 0.2) is 0 Å². The molecule has 0 fully saturated rings. The molecule has 1 aromatic heterocycles. The van der Waals surface area contributed by atoms with Crippen molar-refractivity contribution in [2.24, 2.45) is 5.41 Å². The van der Waals surface area contributed by atoms with Crippen molar-refractivity contribution >= 4 is 12.0 Å². The van der Waals surface area contributed by atoms with Gasteiger partial charge in [-0.2, -0.15) is 0 Å². The lowest BCUT2D eigenvalue weighted by Crippen LogP contribution is -2.22. The fourth-order valence-electron chi connectivity index (χ4n) is 0.984. The molecular weight excluding hydrogens is 202 g/mol. The average molecular weight is 219 g/mol. The van der Waals surface area contributed by atoms with Crippen LogP contribution >= 0.6 is 0 Å². The van der Waals surface area contributed by atoms with Crippen LogP contribution in [0, 0.1) is 5.41 Å². The van der Waals surface area contributed by atoms with Crippen LogP contribution in [0.1, 0.15) is 26.5 Å². The zero-order chi connectivity index (χ0) is 12.0. The lowest BCUT2D eigenvalue weighted by molar-refractivity contribution is -0.151. The Morgan fingerprint density at radius 3 is 2.75 bits per heavy atom. The summed E-state index contributed by atoms with van der Waals surface area (Å²) in [6.45, 7) is 5.78. The normalized spacial score (nSPS) is 11.7. The molecule has 0 amide bonds. The van der Waals surface area contributed by atoms with Crippen molar-refractivity contribution < 1.29 is 9.53 Å². The number of esters is 1. The van der Waals surface area contributed by atoms with Crippen LogP contribution in [0.4, 0.5) is 0 Å². The van der Waals surface area contributed by atoms with Crippen LogP contribution < -0.4 is 0 Å². The zero-order valence-electron chi connectivity index (χ0n) is 9.93. The van der Waals surface area contributed by atoms with E-state index in [0.29, 0.717) is 0 Å². The smallest absolute Gasteiger partial charge is 0.311 e. The minimum Gasteiger partial charge on any atom is -0.461 e. The van der Waals surface area contributed by atoms with Crippen LogP contribution in [0.25, 0.3) is 6.08 Å². The Morgan fingerprint density at radius 2 is 2.19 bits per heavy atom. The van der Waals surface area contributed by atoms with E-state index in [2.05, 4.69) is 4.98 Å². The number of carbonyl (C=O) groups is 1. The van der Waals surface area contributed by atoms with Crippen LogP contribution in [0.15, 0.2) is 30.5 Å². The quantitative estimate of drug-likeness (QED) is 0.734. The number of hydrogen-bond donors (Lipinski definition) is 0. The van der Waals surface area contributed by atoms with Crippen molar-refractivity contribution in [1.29, 1.82) is 0 Å². The maximum absolute atomic E-state index is 11.4. The van der Waals surface area contributed by atoms with Gasteiger partial charge in [-0.15, -0.1) is 0 Å². The van der Waals surface area contributed by atoms with Gasteiger partial charge >= 0.3 is 5.97 Å². The summed E-state index contributed by atoms with van der Waals surface area (Å²) >= 11 is 0. The Kier molecular flexibility index (Phi) is 4.23. The van der Waals surface area contributed by atoms with E-state index in [4.69, 9.17) is 4.74 Å². The lowest BCUT2D eigenvalue weighted by Gasteiger charge is -2.15. The SMILES string of the molecule is CC(C)(C)C(=O)OC/C=C/c1ccccn1. The number of nitrogens with zero attached hydrogens (tertiary/aromatic N) is 1. The molecule has 0 aliphatic carbocycles. The van der Waals surface area contributed by atoms with E-state index >= 15 is 0 Å². The number of ether oxygens (including phenoxy) is 1. The number of aromatic nitrogens is 1. The van der Waals surface area contributed by atoms with Crippen LogP contribution in [0.5, 0.6) is 0 Å². The molecule has 0 spiro atoms. The molecule has 3 heteroatoms. The predicted molar refractivity (Wildman–Crippen MR) is 63.7 cm³/mol. The number of pyridine rings is 1. The molecule has 1 aromatic rings. The molecule has 0 bridgehead atoms. The fourth-order valence-corrected chi connectivity index (χ4v) is 0.984. The molecule has 86 valence electrons. The van der Waals surface area contributed by atoms with Gasteiger partial charge in [-0.05, 0) is 45.1 Å². The summed E-state index contributed by atoms with van der Waals surface area (Å²) in [7, 11) is 0. The van der Waals surface area contributed by atoms with Gasteiger partial charge in [0, 0.05) is 6.20 Å². The third-order valence-electron chi connectivity index (χ3n) is 1.90. The van der Waals surface area contributed by atoms with Crippen molar-refractivity contribution in [2.45, 2.75) is 20.8 Å². The lowest BCUT2D eigenvalue weighted by atomic mass is 9.97. The maximum atomic E-state index is 11.4. The van der Waals surface area contributed by atoms with Gasteiger partial charge in [0.2, 0.25) is 0 Å². The summed E-state index contributed by atoms with van der Waals surface area (Å²) in [6, 6.07) is 5.66. The van der Waals surface area contributed by atoms with Crippen molar-refractivity contribution in [3.8, 4) is 0 Å². The van der Waals surface area contributed by atoms with E-state index < -0.39 is 5.41 Å². The summed E-state index contributed by atoms with van der Waals surface area (Å²) < 4.78 is 5.07. The first kappa shape index (κ1) is 12.4. The molecule has 1 rings (SSSR count). The number of carbonyl (C=O) groups excluding carboxylic acids is 1. The zero-order valence-corrected chi connectivity index (χ0v) is 9.93. The first-order chi connectivity index (χ1) is 7.50. The Hall–Kier alpha value is -1.64. The Balaban J connectivity index is 2.37. The molecule has 3 nitrogen and oxygen atoms in total. The molecule has 0 saturated heterocycles. The minimum absolute atomic E-state index is 0.196. The van der Waals surface area contributed by atoms with Crippen LogP contribution in [0.2, 0.25) is 0 Å². The van der Waals surface area contributed by atoms with Gasteiger partial charge < -0.3 is 4.74 Å². The van der Waals surface area contributed by atoms with Crippen LogP contribution in [0.3, 0.4) is 0 Å². The summed E-state index contributed by atoms with van der Waals surface area (Å²) in [4.78, 5) is 15.5. The first-order valence-electron chi connectivity index (χ1n) is 5.25. The van der Waals surface area contributed by atoms with E-state index in [1.54, 1.807) is 12.3 Å². The highest BCUT2D eigenvalue weighted by molar-refractivity contribution is 5.75. The molecule has 16 heavy (non-hydrogen) atoms. The third kappa shape index (κ3) is 4.26. The molecule has 0 N–H and O–H groups in total. The second kappa shape index (κ2) is 5.45. The summed E-state index contributed by atoms with van der Waals surface area (Å²) in [6.07, 6.45) is 5.34. The van der Waals surface area contributed by atoms with E-state index in [9.17, 15) is 4.79 Å². The Bertz CT molecular complexity index is 363. The van der Waals surface area contributed by atoms with Gasteiger partial charge in [0.05, 0.1) is 11.1 Å². The molecule has 0 unspecified atom stereocenters. The summed E-state index contributed by atoms with van der Waals surface area (Å²) in [5, 5.41) is 0. The van der Waals surface area contributed by atoms with Crippen molar-refractivity contribution in [2.75, 3.05) is 6.61 Å². The number of rotatable bonds is 3. The maximum Gasteiger partial charge on any atom is 0.311 e. The van der Waals surface area contributed by atoms with E-state index in [1.165, 1.54) is 0 Å². The van der Waals surface area contributed by atoms with Crippen molar-refractivity contribution in [1.82, 2.24) is 4.98 Å². The highest BCUT2D eigenvalue weighted by atomic mass is 16.5. The van der Waals surface area contributed by atoms with E-state index in [-0.39, 0.29) is 12.6 Å². The van der Waals surface area contributed by atoms with Gasteiger partial charge in [0.1, 0.15) is 6.61 Å². The molecule has 1 heterocycles. The molecule has 0 saturated carbocycles. The highest BCUT2D eigenvalue weighted by Gasteiger charge is 2.22. The van der Waals surface area contributed by atoms with Gasteiger partial charge in [-0.25, -0.2) is 0 Å². The Labute approximate surface area is 96.2 Å². The van der Waals surface area contributed by atoms with Crippen molar-refractivity contribution in [3.63, 3.8) is 0 Å². The van der Waals surface area contributed by atoms with Gasteiger partial charge in [-0.3, -0.25) is 9.78 Å². The van der Waals surface area contributed by atoms with Gasteiger partial charge in [0.25, 0.3) is 0 Å². The predicted octanol–water partition coefficient (Wildman–Crippen LogP) is 2.68. The first-order valence-corrected chi connectivity index (χ1v) is 5.25. The van der Waals surface area contributed by atoms with E-state index in [0.717, 1.165) is 5.69 Å². The summed E-state index contributed by atoms with van der Waals surface area (Å²) in [5.41, 5.74) is 0.410. The fraction of sp³-hybridized carbons (Fsp3) is 0.385. The minimum atomic E-state index is -0.446. The molecule has 0 atom stereocenters. The monoisotopic (exact) mass is 219 g/mol. The molecule has 0 radical (unpaired) electrons. The molecule has 0 aromatic carbocycles. The van der Waals surface area contributed by atoms with Crippen LogP contribution in [-0.2, 0) is 9.53 Å². The van der Waals surface area contributed by atoms with E-state index in [1.807, 2.05) is 45.0 Å². The molecule has 0 aliphatic heterocycles. The third-order valence-corrected chi connectivity index (χ3v) is 1.90. The molecular formula is C13H17NO2. The van der Waals surface area contributed by atoms with Crippen molar-refractivity contribution in [3.05, 3.63) is 36.2 Å². The van der Waals surface area contributed by atoms with Gasteiger partial charge in [-0.1, -0.05) is 6.07 Å². The highest BCUT2D eigenvalue weighted by Crippen LogP contribution is 2.14. The second-order valence-corrected chi connectivity index (χ2v) is 4.51. The topological polar surface area (TPSA) is 39.2 Å². The summed E-state index contributed by atoms with van der Waals surface area (Å²) in [5.74, 6) is -0.196. The standard InChI is InChI=1S/C13H17NO2/c1-13(2,3)12(15)16-10-6-8-11-7-4-5-9-14-11/h4-9H,10H2,1-3H3/b8-6+. The number of hydrogen-bond acceptors (Lipinski definition) is 3. The second-order valence-electron chi connectivity index (χ2n) is 4.51.